The van der Waals surface area contributed by atoms with Gasteiger partial charge in [-0.05, 0) is 6.26 Å². The van der Waals surface area contributed by atoms with Gasteiger partial charge in [-0.25, -0.2) is 0 Å². The molecule has 3 nitrogen and oxygen atoms in total. The summed E-state index contributed by atoms with van der Waals surface area (Å²) in [5.74, 6) is 0. The highest BCUT2D eigenvalue weighted by Crippen LogP contribution is 1.79. The van der Waals surface area contributed by atoms with Crippen molar-refractivity contribution in [3.63, 3.8) is 0 Å². The molecule has 0 unspecified atom stereocenters. The van der Waals surface area contributed by atoms with Gasteiger partial charge in [-0.3, -0.25) is 4.72 Å². The lowest BCUT2D eigenvalue weighted by molar-refractivity contribution is 0.0964. The first-order valence-electron chi connectivity index (χ1n) is 2.86. The summed E-state index contributed by atoms with van der Waals surface area (Å²) in [5, 5.41) is 8.27. The van der Waals surface area contributed by atoms with Crippen LogP contribution in [-0.4, -0.2) is 37.7 Å². The smallest absolute Gasteiger partial charge is 0.0698 e. The molecular formula is C5H13NO2S. The van der Waals surface area contributed by atoms with E-state index in [1.807, 2.05) is 6.26 Å². The van der Waals surface area contributed by atoms with Crippen LogP contribution in [0.25, 0.3) is 0 Å². The van der Waals surface area contributed by atoms with Gasteiger partial charge in [-0.2, -0.15) is 0 Å². The number of ether oxygens (including phenoxy) is 1. The molecule has 0 spiro atoms. The Kier molecular flexibility index (Phi) is 8.44. The molecule has 0 aliphatic heterocycles. The van der Waals surface area contributed by atoms with Gasteiger partial charge in [0.2, 0.25) is 0 Å². The second kappa shape index (κ2) is 8.23. The lowest BCUT2D eigenvalue weighted by Gasteiger charge is -2.00. The Labute approximate surface area is 59.9 Å². The summed E-state index contributed by atoms with van der Waals surface area (Å²) >= 11 is 1.57. The van der Waals surface area contributed by atoms with E-state index in [2.05, 4.69) is 4.72 Å². The normalized spacial score (nSPS) is 10.0. The zero-order valence-electron chi connectivity index (χ0n) is 5.59. The van der Waals surface area contributed by atoms with Crippen molar-refractivity contribution >= 4 is 11.9 Å². The molecule has 0 aromatic rings. The van der Waals surface area contributed by atoms with Crippen molar-refractivity contribution in [3.8, 4) is 0 Å². The highest BCUT2D eigenvalue weighted by atomic mass is 32.2. The fourth-order valence-corrected chi connectivity index (χ4v) is 0.670. The Morgan fingerprint density at radius 1 is 1.56 bits per heavy atom. The molecule has 0 aromatic heterocycles. The number of rotatable bonds is 6. The van der Waals surface area contributed by atoms with Crippen molar-refractivity contribution in [1.82, 2.24) is 4.72 Å². The van der Waals surface area contributed by atoms with E-state index in [9.17, 15) is 0 Å². The van der Waals surface area contributed by atoms with E-state index < -0.39 is 0 Å². The summed E-state index contributed by atoms with van der Waals surface area (Å²) in [5.41, 5.74) is 0. The van der Waals surface area contributed by atoms with Crippen molar-refractivity contribution in [2.24, 2.45) is 0 Å². The lowest BCUT2D eigenvalue weighted by atomic mass is 10.7. The molecule has 0 fully saturated rings. The maximum Gasteiger partial charge on any atom is 0.0698 e. The van der Waals surface area contributed by atoms with Crippen LogP contribution in [-0.2, 0) is 4.74 Å². The van der Waals surface area contributed by atoms with Crippen molar-refractivity contribution in [1.29, 1.82) is 0 Å². The molecule has 0 rings (SSSR count). The maximum absolute atomic E-state index is 8.27. The highest BCUT2D eigenvalue weighted by molar-refractivity contribution is 7.96. The fourth-order valence-electron chi connectivity index (χ4n) is 0.383. The summed E-state index contributed by atoms with van der Waals surface area (Å²) in [4.78, 5) is 0. The molecule has 0 heterocycles. The average Bonchev–Trinajstić information content (AvgIpc) is 1.89. The van der Waals surface area contributed by atoms with E-state index in [4.69, 9.17) is 9.84 Å². The minimum Gasteiger partial charge on any atom is -0.394 e. The van der Waals surface area contributed by atoms with Gasteiger partial charge < -0.3 is 9.84 Å². The zero-order chi connectivity index (χ0) is 6.95. The van der Waals surface area contributed by atoms with Crippen LogP contribution in [0.5, 0.6) is 0 Å². The van der Waals surface area contributed by atoms with Crippen molar-refractivity contribution in [2.75, 3.05) is 32.6 Å². The van der Waals surface area contributed by atoms with Crippen molar-refractivity contribution in [3.05, 3.63) is 0 Å². The van der Waals surface area contributed by atoms with Gasteiger partial charge in [0.1, 0.15) is 0 Å². The largest absolute Gasteiger partial charge is 0.394 e. The molecule has 56 valence electrons. The Bertz CT molecular complexity index is 48.2. The lowest BCUT2D eigenvalue weighted by Crippen LogP contribution is -2.13. The van der Waals surface area contributed by atoms with Gasteiger partial charge in [0, 0.05) is 6.54 Å². The number of aliphatic hydroxyl groups is 1. The summed E-state index contributed by atoms with van der Waals surface area (Å²) < 4.78 is 7.98. The number of aliphatic hydroxyl groups excluding tert-OH is 1. The van der Waals surface area contributed by atoms with Gasteiger partial charge in [-0.15, -0.1) is 0 Å². The van der Waals surface area contributed by atoms with Gasteiger partial charge >= 0.3 is 0 Å². The van der Waals surface area contributed by atoms with Gasteiger partial charge in [-0.1, -0.05) is 11.9 Å². The summed E-state index contributed by atoms with van der Waals surface area (Å²) in [6, 6.07) is 0. The van der Waals surface area contributed by atoms with Crippen LogP contribution in [0.3, 0.4) is 0 Å². The third-order valence-corrected chi connectivity index (χ3v) is 1.22. The monoisotopic (exact) mass is 151 g/mol. The van der Waals surface area contributed by atoms with Crippen molar-refractivity contribution in [2.45, 2.75) is 0 Å². The zero-order valence-corrected chi connectivity index (χ0v) is 6.41. The first-order valence-corrected chi connectivity index (χ1v) is 4.08. The Balaban J connectivity index is 2.60. The Hall–Kier alpha value is 0.230. The molecule has 0 bridgehead atoms. The van der Waals surface area contributed by atoms with E-state index in [0.717, 1.165) is 6.54 Å². The molecule has 0 atom stereocenters. The van der Waals surface area contributed by atoms with E-state index >= 15 is 0 Å². The van der Waals surface area contributed by atoms with Crippen LogP contribution in [0.2, 0.25) is 0 Å². The molecular weight excluding hydrogens is 138 g/mol. The van der Waals surface area contributed by atoms with E-state index in [-0.39, 0.29) is 6.61 Å². The molecule has 0 aliphatic rings. The average molecular weight is 151 g/mol. The summed E-state index contributed by atoms with van der Waals surface area (Å²) in [6.07, 6.45) is 1.96. The van der Waals surface area contributed by atoms with E-state index in [1.165, 1.54) is 0 Å². The van der Waals surface area contributed by atoms with E-state index in [1.54, 1.807) is 11.9 Å². The first kappa shape index (κ1) is 9.23. The van der Waals surface area contributed by atoms with Crippen LogP contribution < -0.4 is 4.72 Å². The SMILES string of the molecule is CSNCCOCCO. The van der Waals surface area contributed by atoms with Crippen LogP contribution in [0.4, 0.5) is 0 Å². The molecule has 0 amide bonds. The van der Waals surface area contributed by atoms with Gasteiger partial charge in [0.05, 0.1) is 19.8 Å². The topological polar surface area (TPSA) is 41.5 Å². The predicted molar refractivity (Wildman–Crippen MR) is 39.4 cm³/mol. The molecule has 0 radical (unpaired) electrons. The minimum absolute atomic E-state index is 0.110. The Morgan fingerprint density at radius 3 is 2.89 bits per heavy atom. The molecule has 4 heteroatoms. The number of hydrogen-bond acceptors (Lipinski definition) is 4. The van der Waals surface area contributed by atoms with Gasteiger partial charge in [0.15, 0.2) is 0 Å². The third kappa shape index (κ3) is 8.23. The first-order chi connectivity index (χ1) is 4.41. The van der Waals surface area contributed by atoms with Crippen LogP contribution in [0.1, 0.15) is 0 Å². The van der Waals surface area contributed by atoms with E-state index in [0.29, 0.717) is 13.2 Å². The third-order valence-electron chi connectivity index (χ3n) is 0.728. The molecule has 9 heavy (non-hydrogen) atoms. The summed E-state index contributed by atoms with van der Waals surface area (Å²) in [6.45, 7) is 2.05. The Morgan fingerprint density at radius 2 is 2.33 bits per heavy atom. The maximum atomic E-state index is 8.27. The minimum atomic E-state index is 0.110. The standard InChI is InChI=1S/C5H13NO2S/c1-9-6-2-4-8-5-3-7/h6-7H,2-5H2,1H3. The molecule has 0 aromatic carbocycles. The van der Waals surface area contributed by atoms with Gasteiger partial charge in [0.25, 0.3) is 0 Å². The molecule has 2 N–H and O–H groups in total. The predicted octanol–water partition coefficient (Wildman–Crippen LogP) is -0.137. The molecule has 0 aliphatic carbocycles. The fraction of sp³-hybridized carbons (Fsp3) is 1.00. The second-order valence-electron chi connectivity index (χ2n) is 1.43. The van der Waals surface area contributed by atoms with Crippen LogP contribution in [0.15, 0.2) is 0 Å². The number of nitrogens with one attached hydrogen (secondary N) is 1. The quantitative estimate of drug-likeness (QED) is 0.409. The summed E-state index contributed by atoms with van der Waals surface area (Å²) in [7, 11) is 0. The van der Waals surface area contributed by atoms with Crippen LogP contribution in [0, 0.1) is 0 Å². The highest BCUT2D eigenvalue weighted by Gasteiger charge is 1.83. The number of hydrogen-bond donors (Lipinski definition) is 2. The van der Waals surface area contributed by atoms with Crippen molar-refractivity contribution < 1.29 is 9.84 Å². The molecule has 0 saturated carbocycles. The second-order valence-corrected chi connectivity index (χ2v) is 2.13. The molecule has 0 saturated heterocycles. The van der Waals surface area contributed by atoms with Crippen LogP contribution >= 0.6 is 11.9 Å².